The molecule has 0 unspecified atom stereocenters. The highest BCUT2D eigenvalue weighted by molar-refractivity contribution is 5.76. The molecule has 7 heteroatoms. The minimum absolute atomic E-state index is 0.0202. The molecule has 0 heterocycles. The zero-order valence-electron chi connectivity index (χ0n) is 16.0. The number of carbonyl (C=O) groups is 1. The molecule has 0 saturated carbocycles. The summed E-state index contributed by atoms with van der Waals surface area (Å²) in [5.74, 6) is -1.45. The number of hydrogen-bond donors (Lipinski definition) is 3. The molecule has 0 fully saturated rings. The Balaban J connectivity index is 2.24. The summed E-state index contributed by atoms with van der Waals surface area (Å²) in [6.07, 6.45) is 0.438. The van der Waals surface area contributed by atoms with E-state index >= 15 is 0 Å². The zero-order chi connectivity index (χ0) is 20.4. The average molecular weight is 388 g/mol. The molecule has 0 saturated heterocycles. The lowest BCUT2D eigenvalue weighted by molar-refractivity contribution is -0.149. The Morgan fingerprint density at radius 3 is 2.32 bits per heavy atom. The minimum Gasteiger partial charge on any atom is -0.504 e. The van der Waals surface area contributed by atoms with Crippen LogP contribution in [0.4, 0.5) is 0 Å². The summed E-state index contributed by atoms with van der Waals surface area (Å²) in [5.41, 5.74) is 2.31. The number of aliphatic hydroxyl groups excluding tert-OH is 1. The predicted octanol–water partition coefficient (Wildman–Crippen LogP) is 2.20. The van der Waals surface area contributed by atoms with Gasteiger partial charge in [-0.15, -0.1) is 0 Å². The first-order valence-corrected chi connectivity index (χ1v) is 8.90. The Labute approximate surface area is 163 Å². The van der Waals surface area contributed by atoms with Crippen LogP contribution in [0.5, 0.6) is 23.0 Å². The van der Waals surface area contributed by atoms with Gasteiger partial charge in [-0.2, -0.15) is 0 Å². The standard InChI is InChI=1S/C21H24O7/c1-26-17-7-11(4-5-15(17)23)19-14-9-16(24)18(27-2)8-12(14)6-13(10-22)20(19)21(25)28-3/h4-5,7-9,13,19-20,22-24H,6,10H2,1-3H3/t13-,19-,20-/m1/s1. The van der Waals surface area contributed by atoms with Gasteiger partial charge in [0, 0.05) is 18.4 Å². The van der Waals surface area contributed by atoms with E-state index in [-0.39, 0.29) is 29.8 Å². The molecule has 2 aromatic rings. The molecule has 0 spiro atoms. The van der Waals surface area contributed by atoms with Crippen LogP contribution >= 0.6 is 0 Å². The van der Waals surface area contributed by atoms with Crippen molar-refractivity contribution < 1.29 is 34.3 Å². The molecule has 3 atom stereocenters. The SMILES string of the molecule is COC(=O)[C@@H]1[C@@H](CO)Cc2cc(OC)c(O)cc2[C@H]1c1ccc(O)c(OC)c1. The van der Waals surface area contributed by atoms with E-state index in [2.05, 4.69) is 0 Å². The van der Waals surface area contributed by atoms with Gasteiger partial charge in [-0.3, -0.25) is 4.79 Å². The highest BCUT2D eigenvalue weighted by Gasteiger charge is 2.43. The Bertz CT molecular complexity index is 877. The number of phenolic OH excluding ortho intramolecular Hbond substituents is 2. The van der Waals surface area contributed by atoms with Crippen molar-refractivity contribution in [2.24, 2.45) is 11.8 Å². The van der Waals surface area contributed by atoms with Crippen LogP contribution in [-0.4, -0.2) is 49.2 Å². The third kappa shape index (κ3) is 3.33. The van der Waals surface area contributed by atoms with E-state index in [0.717, 1.165) is 11.1 Å². The van der Waals surface area contributed by atoms with Crippen LogP contribution in [0.25, 0.3) is 0 Å². The summed E-state index contributed by atoms with van der Waals surface area (Å²) in [6, 6.07) is 8.16. The van der Waals surface area contributed by atoms with Crippen LogP contribution in [0.2, 0.25) is 0 Å². The molecule has 1 aliphatic rings. The van der Waals surface area contributed by atoms with Crippen molar-refractivity contribution >= 4 is 5.97 Å². The van der Waals surface area contributed by atoms with Gasteiger partial charge in [-0.05, 0) is 47.4 Å². The fraction of sp³-hybridized carbons (Fsp3) is 0.381. The molecular weight excluding hydrogens is 364 g/mol. The van der Waals surface area contributed by atoms with Crippen LogP contribution in [-0.2, 0) is 16.0 Å². The Kier molecular flexibility index (Phi) is 5.65. The first-order valence-electron chi connectivity index (χ1n) is 8.90. The molecule has 0 bridgehead atoms. The van der Waals surface area contributed by atoms with E-state index in [1.54, 1.807) is 24.3 Å². The summed E-state index contributed by atoms with van der Waals surface area (Å²) in [7, 11) is 4.22. The molecule has 2 aromatic carbocycles. The van der Waals surface area contributed by atoms with Crippen molar-refractivity contribution in [3.8, 4) is 23.0 Å². The van der Waals surface area contributed by atoms with Crippen molar-refractivity contribution in [1.82, 2.24) is 0 Å². The number of fused-ring (bicyclic) bond motifs is 1. The topological polar surface area (TPSA) is 105 Å². The minimum atomic E-state index is -0.662. The molecular formula is C21H24O7. The van der Waals surface area contributed by atoms with Gasteiger partial charge in [-0.1, -0.05) is 6.07 Å². The van der Waals surface area contributed by atoms with Crippen molar-refractivity contribution in [2.75, 3.05) is 27.9 Å². The van der Waals surface area contributed by atoms with Gasteiger partial charge in [0.05, 0.1) is 27.2 Å². The molecule has 0 amide bonds. The maximum atomic E-state index is 12.7. The second kappa shape index (κ2) is 7.98. The number of benzene rings is 2. The molecule has 1 aliphatic carbocycles. The van der Waals surface area contributed by atoms with Crippen molar-refractivity contribution in [1.29, 1.82) is 0 Å². The Morgan fingerprint density at radius 2 is 1.71 bits per heavy atom. The maximum Gasteiger partial charge on any atom is 0.310 e. The van der Waals surface area contributed by atoms with Crippen LogP contribution in [0.1, 0.15) is 22.6 Å². The highest BCUT2D eigenvalue weighted by atomic mass is 16.5. The number of ether oxygens (including phenoxy) is 3. The monoisotopic (exact) mass is 388 g/mol. The quantitative estimate of drug-likeness (QED) is 0.674. The van der Waals surface area contributed by atoms with Gasteiger partial charge in [0.15, 0.2) is 23.0 Å². The summed E-state index contributed by atoms with van der Waals surface area (Å²) in [5, 5.41) is 30.2. The fourth-order valence-corrected chi connectivity index (χ4v) is 4.05. The molecule has 7 nitrogen and oxygen atoms in total. The van der Waals surface area contributed by atoms with E-state index in [0.29, 0.717) is 17.7 Å². The van der Waals surface area contributed by atoms with Crippen LogP contribution in [0, 0.1) is 11.8 Å². The molecule has 28 heavy (non-hydrogen) atoms. The number of carbonyl (C=O) groups excluding carboxylic acids is 1. The molecule has 0 radical (unpaired) electrons. The van der Waals surface area contributed by atoms with E-state index in [4.69, 9.17) is 14.2 Å². The Hall–Kier alpha value is -2.93. The van der Waals surface area contributed by atoms with Crippen LogP contribution in [0.3, 0.4) is 0 Å². The number of aromatic hydroxyl groups is 2. The first kappa shape index (κ1) is 19.8. The maximum absolute atomic E-state index is 12.7. The average Bonchev–Trinajstić information content (AvgIpc) is 2.71. The summed E-state index contributed by atoms with van der Waals surface area (Å²) in [6.45, 7) is -0.200. The number of esters is 1. The predicted molar refractivity (Wildman–Crippen MR) is 101 cm³/mol. The second-order valence-corrected chi connectivity index (χ2v) is 6.83. The van der Waals surface area contributed by atoms with Gasteiger partial charge < -0.3 is 29.5 Å². The smallest absolute Gasteiger partial charge is 0.310 e. The van der Waals surface area contributed by atoms with Crippen LogP contribution < -0.4 is 9.47 Å². The number of methoxy groups -OCH3 is 3. The van der Waals surface area contributed by atoms with Gasteiger partial charge in [-0.25, -0.2) is 0 Å². The van der Waals surface area contributed by atoms with Gasteiger partial charge in [0.1, 0.15) is 0 Å². The van der Waals surface area contributed by atoms with Crippen LogP contribution in [0.15, 0.2) is 30.3 Å². The zero-order valence-corrected chi connectivity index (χ0v) is 16.0. The fourth-order valence-electron chi connectivity index (χ4n) is 4.05. The Morgan fingerprint density at radius 1 is 1.04 bits per heavy atom. The molecule has 0 aromatic heterocycles. The van der Waals surface area contributed by atoms with Gasteiger partial charge in [0.2, 0.25) is 0 Å². The first-order chi connectivity index (χ1) is 13.4. The van der Waals surface area contributed by atoms with Crippen molar-refractivity contribution in [2.45, 2.75) is 12.3 Å². The molecule has 0 aliphatic heterocycles. The lowest BCUT2D eigenvalue weighted by Crippen LogP contribution is -2.38. The summed E-state index contributed by atoms with van der Waals surface area (Å²) in [4.78, 5) is 12.7. The third-order valence-corrected chi connectivity index (χ3v) is 5.40. The lowest BCUT2D eigenvalue weighted by atomic mass is 9.66. The van der Waals surface area contributed by atoms with Gasteiger partial charge in [0.25, 0.3) is 0 Å². The van der Waals surface area contributed by atoms with E-state index in [1.807, 2.05) is 0 Å². The molecule has 3 rings (SSSR count). The largest absolute Gasteiger partial charge is 0.504 e. The second-order valence-electron chi connectivity index (χ2n) is 6.83. The number of aliphatic hydroxyl groups is 1. The normalized spacial score (nSPS) is 20.9. The molecule has 3 N–H and O–H groups in total. The highest BCUT2D eigenvalue weighted by Crippen LogP contribution is 2.48. The lowest BCUT2D eigenvalue weighted by Gasteiger charge is -2.38. The summed E-state index contributed by atoms with van der Waals surface area (Å²) < 4.78 is 15.5. The van der Waals surface area contributed by atoms with E-state index < -0.39 is 17.8 Å². The van der Waals surface area contributed by atoms with E-state index in [9.17, 15) is 20.1 Å². The summed E-state index contributed by atoms with van der Waals surface area (Å²) >= 11 is 0. The van der Waals surface area contributed by atoms with Crippen molar-refractivity contribution in [3.63, 3.8) is 0 Å². The number of hydrogen-bond acceptors (Lipinski definition) is 7. The third-order valence-electron chi connectivity index (χ3n) is 5.40. The van der Waals surface area contributed by atoms with Gasteiger partial charge >= 0.3 is 5.97 Å². The van der Waals surface area contributed by atoms with Crippen molar-refractivity contribution in [3.05, 3.63) is 47.0 Å². The number of rotatable bonds is 5. The number of phenols is 2. The molecule has 150 valence electrons. The van der Waals surface area contributed by atoms with E-state index in [1.165, 1.54) is 27.4 Å².